The Morgan fingerprint density at radius 3 is 2.38 bits per heavy atom. The van der Waals surface area contributed by atoms with Crippen LogP contribution in [0.5, 0.6) is 0 Å². The van der Waals surface area contributed by atoms with Crippen LogP contribution in [0.1, 0.15) is 26.3 Å². The fourth-order valence-electron chi connectivity index (χ4n) is 2.62. The summed E-state index contributed by atoms with van der Waals surface area (Å²) in [7, 11) is 0. The summed E-state index contributed by atoms with van der Waals surface area (Å²) in [6.45, 7) is 6.56. The predicted octanol–water partition coefficient (Wildman–Crippen LogP) is 5.50. The molecule has 0 radical (unpaired) electrons. The molecule has 0 aliphatic carbocycles. The molecule has 3 aromatic rings. The van der Waals surface area contributed by atoms with Gasteiger partial charge in [-0.3, -0.25) is 4.57 Å². The van der Waals surface area contributed by atoms with Crippen LogP contribution in [-0.2, 0) is 5.41 Å². The highest BCUT2D eigenvalue weighted by atomic mass is 35.5. The molecule has 0 bridgehead atoms. The number of para-hydroxylation sites is 1. The summed E-state index contributed by atoms with van der Waals surface area (Å²) >= 11 is 7.76. The van der Waals surface area contributed by atoms with Crippen molar-refractivity contribution in [2.24, 2.45) is 0 Å². The minimum Gasteiger partial charge on any atom is -0.268 e. The van der Waals surface area contributed by atoms with E-state index >= 15 is 0 Å². The third-order valence-corrected chi connectivity index (χ3v) is 5.12. The number of aromatic nitrogens is 3. The van der Waals surface area contributed by atoms with Crippen LogP contribution in [0.2, 0.25) is 5.02 Å². The minimum atomic E-state index is 0.0861. The van der Waals surface area contributed by atoms with Gasteiger partial charge in [0, 0.05) is 5.56 Å². The molecule has 3 rings (SSSR count). The van der Waals surface area contributed by atoms with Crippen LogP contribution < -0.4 is 0 Å². The molecule has 132 valence electrons. The average molecular weight is 383 g/mol. The standard InChI is InChI=1S/C20H19ClN4S/c1-20(2,3)15-10-8-14(9-11-15)18-23-24-19(26-13-12-22)25(18)17-7-5-4-6-16(17)21/h4-11H,13H2,1-3H3. The molecule has 6 heteroatoms. The number of hydrogen-bond donors (Lipinski definition) is 0. The van der Waals surface area contributed by atoms with Gasteiger partial charge in [0.2, 0.25) is 0 Å². The highest BCUT2D eigenvalue weighted by Crippen LogP contribution is 2.32. The zero-order valence-corrected chi connectivity index (χ0v) is 16.5. The van der Waals surface area contributed by atoms with Gasteiger partial charge in [-0.1, -0.05) is 80.5 Å². The zero-order chi connectivity index (χ0) is 18.7. The lowest BCUT2D eigenvalue weighted by Crippen LogP contribution is -2.10. The van der Waals surface area contributed by atoms with Gasteiger partial charge in [-0.15, -0.1) is 10.2 Å². The van der Waals surface area contributed by atoms with E-state index in [0.717, 1.165) is 11.3 Å². The van der Waals surface area contributed by atoms with Crippen molar-refractivity contribution >= 4 is 23.4 Å². The maximum atomic E-state index is 8.92. The molecule has 0 N–H and O–H groups in total. The Bertz CT molecular complexity index is 949. The summed E-state index contributed by atoms with van der Waals surface area (Å²) in [5, 5.41) is 18.8. The predicted molar refractivity (Wildman–Crippen MR) is 107 cm³/mol. The lowest BCUT2D eigenvalue weighted by molar-refractivity contribution is 0.590. The first-order valence-electron chi connectivity index (χ1n) is 8.23. The smallest absolute Gasteiger partial charge is 0.197 e. The van der Waals surface area contributed by atoms with E-state index in [1.54, 1.807) is 0 Å². The van der Waals surface area contributed by atoms with E-state index in [1.165, 1.54) is 17.3 Å². The van der Waals surface area contributed by atoms with E-state index in [-0.39, 0.29) is 5.41 Å². The Kier molecular flexibility index (Phi) is 5.36. The lowest BCUT2D eigenvalue weighted by atomic mass is 9.87. The average Bonchev–Trinajstić information content (AvgIpc) is 3.03. The van der Waals surface area contributed by atoms with Gasteiger partial charge in [0.25, 0.3) is 0 Å². The van der Waals surface area contributed by atoms with Crippen molar-refractivity contribution in [2.45, 2.75) is 31.3 Å². The van der Waals surface area contributed by atoms with Gasteiger partial charge in [0.05, 0.1) is 22.5 Å². The van der Waals surface area contributed by atoms with Crippen molar-refractivity contribution in [1.29, 1.82) is 5.26 Å². The number of rotatable bonds is 4. The van der Waals surface area contributed by atoms with Crippen LogP contribution in [0.25, 0.3) is 17.1 Å². The second-order valence-corrected chi connectivity index (χ2v) is 8.22. The summed E-state index contributed by atoms with van der Waals surface area (Å²) in [4.78, 5) is 0. The number of benzene rings is 2. The van der Waals surface area contributed by atoms with Gasteiger partial charge >= 0.3 is 0 Å². The largest absolute Gasteiger partial charge is 0.268 e. The molecule has 2 aromatic carbocycles. The minimum absolute atomic E-state index is 0.0861. The normalized spacial score (nSPS) is 11.3. The molecular formula is C20H19ClN4S. The Morgan fingerprint density at radius 1 is 1.08 bits per heavy atom. The fourth-order valence-corrected chi connectivity index (χ4v) is 3.44. The summed E-state index contributed by atoms with van der Waals surface area (Å²) in [5.74, 6) is 1.00. The van der Waals surface area contributed by atoms with Crippen LogP contribution in [0.3, 0.4) is 0 Å². The molecule has 26 heavy (non-hydrogen) atoms. The Balaban J connectivity index is 2.12. The van der Waals surface area contributed by atoms with Gasteiger partial charge in [0.1, 0.15) is 0 Å². The Hall–Kier alpha value is -2.29. The van der Waals surface area contributed by atoms with E-state index in [9.17, 15) is 0 Å². The second-order valence-electron chi connectivity index (χ2n) is 6.87. The molecule has 0 unspecified atom stereocenters. The molecule has 0 amide bonds. The quantitative estimate of drug-likeness (QED) is 0.559. The second kappa shape index (κ2) is 7.53. The molecule has 1 aromatic heterocycles. The fraction of sp³-hybridized carbons (Fsp3) is 0.250. The molecule has 0 saturated heterocycles. The van der Waals surface area contributed by atoms with Gasteiger partial charge in [-0.2, -0.15) is 5.26 Å². The number of thioether (sulfide) groups is 1. The molecule has 0 aliphatic heterocycles. The van der Waals surface area contributed by atoms with Crippen LogP contribution in [0.4, 0.5) is 0 Å². The highest BCUT2D eigenvalue weighted by Gasteiger charge is 2.19. The molecule has 0 saturated carbocycles. The summed E-state index contributed by atoms with van der Waals surface area (Å²) in [6.07, 6.45) is 0. The highest BCUT2D eigenvalue weighted by molar-refractivity contribution is 7.99. The number of hydrogen-bond acceptors (Lipinski definition) is 4. The molecule has 0 fully saturated rings. The topological polar surface area (TPSA) is 54.5 Å². The lowest BCUT2D eigenvalue weighted by Gasteiger charge is -2.19. The molecule has 0 atom stereocenters. The summed E-state index contributed by atoms with van der Waals surface area (Å²) in [5.41, 5.74) is 3.09. The van der Waals surface area contributed by atoms with Crippen molar-refractivity contribution < 1.29 is 0 Å². The maximum absolute atomic E-state index is 8.92. The molecule has 0 spiro atoms. The zero-order valence-electron chi connectivity index (χ0n) is 14.9. The van der Waals surface area contributed by atoms with Crippen molar-refractivity contribution in [2.75, 3.05) is 5.75 Å². The van der Waals surface area contributed by atoms with Crippen LogP contribution >= 0.6 is 23.4 Å². The van der Waals surface area contributed by atoms with Gasteiger partial charge < -0.3 is 0 Å². The van der Waals surface area contributed by atoms with Crippen LogP contribution in [0.15, 0.2) is 53.7 Å². The van der Waals surface area contributed by atoms with E-state index < -0.39 is 0 Å². The maximum Gasteiger partial charge on any atom is 0.197 e. The van der Waals surface area contributed by atoms with Crippen molar-refractivity contribution in [3.8, 4) is 23.1 Å². The van der Waals surface area contributed by atoms with E-state index in [4.69, 9.17) is 16.9 Å². The van der Waals surface area contributed by atoms with E-state index in [1.807, 2.05) is 28.8 Å². The van der Waals surface area contributed by atoms with Crippen molar-refractivity contribution in [3.63, 3.8) is 0 Å². The first-order valence-corrected chi connectivity index (χ1v) is 9.59. The molecule has 0 aliphatic rings. The van der Waals surface area contributed by atoms with Crippen molar-refractivity contribution in [3.05, 3.63) is 59.1 Å². The summed E-state index contributed by atoms with van der Waals surface area (Å²) < 4.78 is 1.91. The molecule has 1 heterocycles. The first kappa shape index (κ1) is 18.5. The SMILES string of the molecule is CC(C)(C)c1ccc(-c2nnc(SCC#N)n2-c2ccccc2Cl)cc1. The Labute approximate surface area is 162 Å². The van der Waals surface area contributed by atoms with Gasteiger partial charge in [-0.25, -0.2) is 0 Å². The van der Waals surface area contributed by atoms with Gasteiger partial charge in [-0.05, 0) is 23.1 Å². The van der Waals surface area contributed by atoms with Crippen LogP contribution in [0, 0.1) is 11.3 Å². The monoisotopic (exact) mass is 382 g/mol. The Morgan fingerprint density at radius 2 is 1.77 bits per heavy atom. The number of halogens is 1. The van der Waals surface area contributed by atoms with Gasteiger partial charge in [0.15, 0.2) is 11.0 Å². The third kappa shape index (κ3) is 3.77. The first-order chi connectivity index (χ1) is 12.4. The third-order valence-electron chi connectivity index (χ3n) is 4.00. The van der Waals surface area contributed by atoms with E-state index in [2.05, 4.69) is 61.3 Å². The molecular weight excluding hydrogens is 364 g/mol. The summed E-state index contributed by atoms with van der Waals surface area (Å²) in [6, 6.07) is 18.0. The van der Waals surface area contributed by atoms with Crippen molar-refractivity contribution in [1.82, 2.24) is 14.8 Å². The van der Waals surface area contributed by atoms with E-state index in [0.29, 0.717) is 21.8 Å². The molecule has 4 nitrogen and oxygen atoms in total. The number of nitriles is 1. The number of nitrogens with zero attached hydrogens (tertiary/aromatic N) is 4. The van der Waals surface area contributed by atoms with Crippen LogP contribution in [-0.4, -0.2) is 20.5 Å².